The minimum absolute atomic E-state index is 0.0119. The van der Waals surface area contributed by atoms with Crippen molar-refractivity contribution in [3.63, 3.8) is 0 Å². The second kappa shape index (κ2) is 10.6. The van der Waals surface area contributed by atoms with Crippen LogP contribution in [0.1, 0.15) is 11.1 Å². The van der Waals surface area contributed by atoms with Crippen molar-refractivity contribution >= 4 is 57.0 Å². The topological polar surface area (TPSA) is 162 Å². The van der Waals surface area contributed by atoms with Crippen LogP contribution in [-0.4, -0.2) is 38.3 Å². The molecule has 0 atom stereocenters. The van der Waals surface area contributed by atoms with E-state index in [9.17, 15) is 32.9 Å². The van der Waals surface area contributed by atoms with Gasteiger partial charge in [-0.05, 0) is 55.0 Å². The predicted molar refractivity (Wildman–Crippen MR) is 139 cm³/mol. The summed E-state index contributed by atoms with van der Waals surface area (Å²) in [5.41, 5.74) is 0.253. The van der Waals surface area contributed by atoms with E-state index < -0.39 is 38.5 Å². The minimum atomic E-state index is -4.28. The van der Waals surface area contributed by atoms with Crippen molar-refractivity contribution in [2.75, 3.05) is 12.0 Å². The number of anilines is 1. The molecule has 0 aliphatic carbocycles. The number of nitrogens with zero attached hydrogens (tertiary/aromatic N) is 2. The molecule has 200 valence electrons. The van der Waals surface area contributed by atoms with E-state index in [0.717, 1.165) is 23.8 Å². The van der Waals surface area contributed by atoms with Gasteiger partial charge in [0.1, 0.15) is 10.5 Å². The number of hydrogen-bond acceptors (Lipinski definition) is 9. The van der Waals surface area contributed by atoms with Crippen molar-refractivity contribution < 1.29 is 36.6 Å². The highest BCUT2D eigenvalue weighted by molar-refractivity contribution is 7.87. The number of hydrogen-bond donors (Lipinski definition) is 1. The van der Waals surface area contributed by atoms with Crippen LogP contribution in [0, 0.1) is 17.0 Å². The van der Waals surface area contributed by atoms with Crippen molar-refractivity contribution in [3.05, 3.63) is 92.5 Å². The van der Waals surface area contributed by atoms with Crippen molar-refractivity contribution in [1.29, 1.82) is 0 Å². The van der Waals surface area contributed by atoms with Gasteiger partial charge in [0.25, 0.3) is 17.5 Å². The molecule has 1 aliphatic heterocycles. The molecule has 1 aliphatic rings. The number of carbonyl (C=O) groups is 3. The lowest BCUT2D eigenvalue weighted by molar-refractivity contribution is -0.384. The number of methoxy groups -OCH3 is 1. The number of nitrogens with one attached hydrogen (secondary N) is 1. The van der Waals surface area contributed by atoms with Gasteiger partial charge in [-0.15, -0.1) is 0 Å². The van der Waals surface area contributed by atoms with Crippen LogP contribution in [0.4, 0.5) is 16.2 Å². The molecule has 0 spiro atoms. The minimum Gasteiger partial charge on any atom is -0.493 e. The van der Waals surface area contributed by atoms with Gasteiger partial charge >= 0.3 is 16.1 Å². The van der Waals surface area contributed by atoms with Gasteiger partial charge in [0.05, 0.1) is 22.7 Å². The first-order chi connectivity index (χ1) is 18.4. The Labute approximate surface area is 226 Å². The maximum atomic E-state index is 13.1. The van der Waals surface area contributed by atoms with Crippen LogP contribution in [0.5, 0.6) is 11.5 Å². The number of aryl methyl sites for hydroxylation is 1. The van der Waals surface area contributed by atoms with E-state index in [0.29, 0.717) is 4.90 Å². The number of urea groups is 1. The quantitative estimate of drug-likeness (QED) is 0.145. The Kier molecular flexibility index (Phi) is 7.38. The second-order valence-electron chi connectivity index (χ2n) is 8.12. The van der Waals surface area contributed by atoms with Crippen LogP contribution in [0.2, 0.25) is 5.02 Å². The summed E-state index contributed by atoms with van der Waals surface area (Å²) < 4.78 is 36.0. The Morgan fingerprint density at radius 1 is 1.03 bits per heavy atom. The van der Waals surface area contributed by atoms with E-state index in [-0.39, 0.29) is 38.4 Å². The molecular formula is C25H18ClN3O9S. The Hall–Kier alpha value is -4.75. The number of carbonyl (C=O) groups excluding carboxylic acids is 3. The Morgan fingerprint density at radius 2 is 1.67 bits per heavy atom. The van der Waals surface area contributed by atoms with E-state index in [1.807, 2.05) is 5.32 Å². The molecule has 1 fully saturated rings. The number of nitro groups is 1. The first-order valence-corrected chi connectivity index (χ1v) is 12.7. The Bertz CT molecular complexity index is 1650. The summed E-state index contributed by atoms with van der Waals surface area (Å²) in [6.45, 7) is 1.79. The summed E-state index contributed by atoms with van der Waals surface area (Å²) in [5, 5.41) is 12.7. The third-order valence-corrected chi connectivity index (χ3v) is 7.00. The summed E-state index contributed by atoms with van der Waals surface area (Å²) in [7, 11) is -3.04. The van der Waals surface area contributed by atoms with Crippen LogP contribution in [-0.2, 0) is 19.7 Å². The van der Waals surface area contributed by atoms with E-state index in [4.69, 9.17) is 20.5 Å². The molecule has 1 saturated heterocycles. The van der Waals surface area contributed by atoms with E-state index in [2.05, 4.69) is 0 Å². The molecule has 1 N–H and O–H groups in total. The number of barbiturate groups is 1. The number of ether oxygens (including phenoxy) is 1. The summed E-state index contributed by atoms with van der Waals surface area (Å²) in [6, 6.07) is 12.0. The maximum absolute atomic E-state index is 13.1. The average Bonchev–Trinajstić information content (AvgIpc) is 2.88. The molecule has 1 heterocycles. The highest BCUT2D eigenvalue weighted by Crippen LogP contribution is 2.39. The first-order valence-electron chi connectivity index (χ1n) is 11.0. The molecule has 0 unspecified atom stereocenters. The molecule has 14 heteroatoms. The standard InChI is InChI=1S/C25H18ClN3O9S/c1-14-3-9-18(10-4-14)39(35,36)38-22-20(26)12-15(13-21(22)37-2)11-19-23(30)27-25(32)28(24(19)31)16-5-7-17(8-6-16)29(33)34/h3-13H,1-2H3,(H,27,30,32)/b19-11+. The third-order valence-electron chi connectivity index (χ3n) is 5.49. The number of rotatable bonds is 7. The lowest BCUT2D eigenvalue weighted by Gasteiger charge is -2.26. The summed E-state index contributed by atoms with van der Waals surface area (Å²) in [6.07, 6.45) is 1.12. The molecule has 4 rings (SSSR count). The Balaban J connectivity index is 1.68. The largest absolute Gasteiger partial charge is 0.493 e. The van der Waals surface area contributed by atoms with Crippen molar-refractivity contribution in [2.24, 2.45) is 0 Å². The molecule has 3 aromatic rings. The zero-order valence-corrected chi connectivity index (χ0v) is 21.8. The molecule has 0 bridgehead atoms. The van der Waals surface area contributed by atoms with Gasteiger partial charge in [0, 0.05) is 12.1 Å². The average molecular weight is 572 g/mol. The fourth-order valence-electron chi connectivity index (χ4n) is 3.55. The normalized spacial score (nSPS) is 14.8. The van der Waals surface area contributed by atoms with Crippen molar-refractivity contribution in [3.8, 4) is 11.5 Å². The lowest BCUT2D eigenvalue weighted by atomic mass is 10.1. The third kappa shape index (κ3) is 5.58. The SMILES string of the molecule is COc1cc(/C=C2\C(=O)NC(=O)N(c3ccc([N+](=O)[O-])cc3)C2=O)cc(Cl)c1OS(=O)(=O)c1ccc(C)cc1. The zero-order valence-electron chi connectivity index (χ0n) is 20.2. The highest BCUT2D eigenvalue weighted by atomic mass is 35.5. The van der Waals surface area contributed by atoms with Crippen molar-refractivity contribution in [1.82, 2.24) is 5.32 Å². The zero-order chi connectivity index (χ0) is 28.5. The second-order valence-corrected chi connectivity index (χ2v) is 10.1. The molecule has 3 aromatic carbocycles. The van der Waals surface area contributed by atoms with Crippen LogP contribution >= 0.6 is 11.6 Å². The molecule has 0 saturated carbocycles. The summed E-state index contributed by atoms with van der Waals surface area (Å²) >= 11 is 6.31. The molecule has 0 radical (unpaired) electrons. The fraction of sp³-hybridized carbons (Fsp3) is 0.0800. The van der Waals surface area contributed by atoms with E-state index in [1.165, 1.54) is 43.5 Å². The summed E-state index contributed by atoms with van der Waals surface area (Å²) in [4.78, 5) is 48.8. The lowest BCUT2D eigenvalue weighted by Crippen LogP contribution is -2.54. The highest BCUT2D eigenvalue weighted by Gasteiger charge is 2.37. The molecule has 4 amide bonds. The molecular weight excluding hydrogens is 554 g/mol. The number of amides is 4. The van der Waals surface area contributed by atoms with E-state index >= 15 is 0 Å². The molecule has 0 aromatic heterocycles. The maximum Gasteiger partial charge on any atom is 0.339 e. The summed E-state index contributed by atoms with van der Waals surface area (Å²) in [5.74, 6) is -2.43. The van der Waals surface area contributed by atoms with Gasteiger partial charge < -0.3 is 8.92 Å². The Morgan fingerprint density at radius 3 is 2.26 bits per heavy atom. The predicted octanol–water partition coefficient (Wildman–Crippen LogP) is 4.00. The molecule has 39 heavy (non-hydrogen) atoms. The smallest absolute Gasteiger partial charge is 0.339 e. The number of non-ortho nitro benzene ring substituents is 1. The van der Waals surface area contributed by atoms with Crippen molar-refractivity contribution in [2.45, 2.75) is 11.8 Å². The van der Waals surface area contributed by atoms with Crippen LogP contribution < -0.4 is 19.1 Å². The first kappa shape index (κ1) is 27.3. The van der Waals surface area contributed by atoms with Crippen LogP contribution in [0.25, 0.3) is 6.08 Å². The van der Waals surface area contributed by atoms with Crippen LogP contribution in [0.15, 0.2) is 71.1 Å². The van der Waals surface area contributed by atoms with E-state index in [1.54, 1.807) is 19.1 Å². The fourth-order valence-corrected chi connectivity index (χ4v) is 4.81. The number of nitro benzene ring substituents is 1. The number of benzene rings is 3. The van der Waals surface area contributed by atoms with Gasteiger partial charge in [-0.3, -0.25) is 25.0 Å². The van der Waals surface area contributed by atoms with Gasteiger partial charge in [0.15, 0.2) is 5.75 Å². The van der Waals surface area contributed by atoms with Gasteiger partial charge in [0.2, 0.25) is 5.75 Å². The van der Waals surface area contributed by atoms with Gasteiger partial charge in [-0.1, -0.05) is 29.3 Å². The molecule has 12 nitrogen and oxygen atoms in total. The van der Waals surface area contributed by atoms with Gasteiger partial charge in [-0.25, -0.2) is 9.69 Å². The van der Waals surface area contributed by atoms with Gasteiger partial charge in [-0.2, -0.15) is 8.42 Å². The van der Waals surface area contributed by atoms with Crippen LogP contribution in [0.3, 0.4) is 0 Å². The monoisotopic (exact) mass is 571 g/mol. The number of halogens is 1. The number of imide groups is 2.